The van der Waals surface area contributed by atoms with Gasteiger partial charge in [0, 0.05) is 13.1 Å². The zero-order valence-corrected chi connectivity index (χ0v) is 16.4. The minimum atomic E-state index is -0.309. The van der Waals surface area contributed by atoms with Crippen molar-refractivity contribution in [2.45, 2.75) is 52.1 Å². The minimum Gasteiger partial charge on any atom is -0.351 e. The van der Waals surface area contributed by atoms with Gasteiger partial charge in [0.2, 0.25) is 5.91 Å². The lowest BCUT2D eigenvalue weighted by molar-refractivity contribution is -0.123. The first-order chi connectivity index (χ1) is 12.4. The molecule has 0 bridgehead atoms. The topological polar surface area (TPSA) is 32.3 Å². The molecule has 0 unspecified atom stereocenters. The molecule has 26 heavy (non-hydrogen) atoms. The van der Waals surface area contributed by atoms with Gasteiger partial charge in [0.25, 0.3) is 0 Å². The van der Waals surface area contributed by atoms with Gasteiger partial charge in [-0.15, -0.1) is 0 Å². The van der Waals surface area contributed by atoms with Crippen LogP contribution in [0.5, 0.6) is 0 Å². The largest absolute Gasteiger partial charge is 0.351 e. The van der Waals surface area contributed by atoms with Crippen LogP contribution in [-0.4, -0.2) is 24.4 Å². The Labute approximate surface area is 157 Å². The van der Waals surface area contributed by atoms with Crippen molar-refractivity contribution in [3.63, 3.8) is 0 Å². The molecular formula is C23H30N2O. The maximum atomic E-state index is 12.9. The fraction of sp³-hybridized carbons (Fsp3) is 0.435. The second kappa shape index (κ2) is 7.63. The molecule has 1 saturated carbocycles. The molecule has 3 heteroatoms. The Morgan fingerprint density at radius 2 is 1.73 bits per heavy atom. The number of nitrogens with zero attached hydrogens (tertiary/aromatic N) is 1. The Bertz CT molecular complexity index is 772. The Hall–Kier alpha value is -2.13. The number of nitrogens with one attached hydrogen (secondary N) is 1. The maximum absolute atomic E-state index is 12.9. The van der Waals surface area contributed by atoms with Gasteiger partial charge in [0.15, 0.2) is 0 Å². The summed E-state index contributed by atoms with van der Waals surface area (Å²) in [6.07, 6.45) is 1.89. The van der Waals surface area contributed by atoms with Crippen molar-refractivity contribution in [1.29, 1.82) is 0 Å². The van der Waals surface area contributed by atoms with Crippen molar-refractivity contribution >= 4 is 5.91 Å². The number of hydrogen-bond acceptors (Lipinski definition) is 2. The van der Waals surface area contributed by atoms with Crippen LogP contribution < -0.4 is 5.32 Å². The van der Waals surface area contributed by atoms with Gasteiger partial charge >= 0.3 is 0 Å². The molecule has 0 radical (unpaired) electrons. The van der Waals surface area contributed by atoms with E-state index in [4.69, 9.17) is 0 Å². The van der Waals surface area contributed by atoms with E-state index in [1.807, 2.05) is 0 Å². The van der Waals surface area contributed by atoms with Gasteiger partial charge in [-0.05, 0) is 57.0 Å². The fourth-order valence-corrected chi connectivity index (χ4v) is 3.64. The molecule has 1 aliphatic carbocycles. The molecule has 1 aliphatic rings. The molecule has 2 aromatic carbocycles. The summed E-state index contributed by atoms with van der Waals surface area (Å²) in [7, 11) is 2.12. The number of carbonyl (C=O) groups is 1. The van der Waals surface area contributed by atoms with E-state index in [9.17, 15) is 4.79 Å². The van der Waals surface area contributed by atoms with Crippen molar-refractivity contribution < 1.29 is 4.79 Å². The summed E-state index contributed by atoms with van der Waals surface area (Å²) < 4.78 is 0. The molecule has 1 fully saturated rings. The third-order valence-electron chi connectivity index (χ3n) is 5.40. The molecule has 3 nitrogen and oxygen atoms in total. The van der Waals surface area contributed by atoms with E-state index in [2.05, 4.69) is 80.5 Å². The summed E-state index contributed by atoms with van der Waals surface area (Å²) in [5, 5.41) is 3.18. The fourth-order valence-electron chi connectivity index (χ4n) is 3.64. The van der Waals surface area contributed by atoms with Crippen LogP contribution in [0.4, 0.5) is 0 Å². The second-order valence-corrected chi connectivity index (χ2v) is 7.79. The third-order valence-corrected chi connectivity index (χ3v) is 5.40. The van der Waals surface area contributed by atoms with Gasteiger partial charge in [-0.25, -0.2) is 0 Å². The molecule has 138 valence electrons. The van der Waals surface area contributed by atoms with Gasteiger partial charge in [0.05, 0.1) is 5.41 Å². The Morgan fingerprint density at radius 1 is 1.08 bits per heavy atom. The van der Waals surface area contributed by atoms with E-state index in [0.29, 0.717) is 6.54 Å². The molecule has 3 rings (SSSR count). The van der Waals surface area contributed by atoms with E-state index >= 15 is 0 Å². The number of aryl methyl sites for hydroxylation is 2. The third kappa shape index (κ3) is 4.16. The van der Waals surface area contributed by atoms with E-state index < -0.39 is 0 Å². The summed E-state index contributed by atoms with van der Waals surface area (Å²) in [5.74, 6) is 0.165. The average Bonchev–Trinajstić information content (AvgIpc) is 3.41. The molecule has 0 aromatic heterocycles. The molecule has 1 amide bonds. The lowest BCUT2D eigenvalue weighted by Crippen LogP contribution is -2.34. The van der Waals surface area contributed by atoms with E-state index in [-0.39, 0.29) is 11.3 Å². The number of carbonyl (C=O) groups excluding carboxylic acids is 1. The van der Waals surface area contributed by atoms with Crippen LogP contribution in [0, 0.1) is 13.8 Å². The van der Waals surface area contributed by atoms with E-state index in [0.717, 1.165) is 31.5 Å². The number of rotatable bonds is 7. The predicted octanol–water partition coefficient (Wildman–Crippen LogP) is 4.10. The first kappa shape index (κ1) is 18.7. The van der Waals surface area contributed by atoms with Crippen molar-refractivity contribution in [2.24, 2.45) is 0 Å². The molecular weight excluding hydrogens is 320 g/mol. The Balaban J connectivity index is 1.66. The molecule has 0 aliphatic heterocycles. The lowest BCUT2D eigenvalue weighted by Gasteiger charge is -2.18. The van der Waals surface area contributed by atoms with Crippen LogP contribution in [0.15, 0.2) is 42.5 Å². The SMILES string of the molecule is CCN(C)Cc1cccc(CNC(=O)C2(c3cc(C)cc(C)c3)CC2)c1. The minimum absolute atomic E-state index is 0.165. The average molecular weight is 351 g/mol. The summed E-state index contributed by atoms with van der Waals surface area (Å²) in [5.41, 5.74) is 5.77. The van der Waals surface area contributed by atoms with Crippen LogP contribution in [0.1, 0.15) is 47.6 Å². The summed E-state index contributed by atoms with van der Waals surface area (Å²) >= 11 is 0. The van der Waals surface area contributed by atoms with Crippen molar-refractivity contribution in [1.82, 2.24) is 10.2 Å². The Morgan fingerprint density at radius 3 is 2.35 bits per heavy atom. The zero-order valence-electron chi connectivity index (χ0n) is 16.4. The highest BCUT2D eigenvalue weighted by molar-refractivity contribution is 5.91. The maximum Gasteiger partial charge on any atom is 0.230 e. The first-order valence-corrected chi connectivity index (χ1v) is 9.56. The summed E-state index contributed by atoms with van der Waals surface area (Å²) in [6.45, 7) is 8.91. The van der Waals surface area contributed by atoms with Gasteiger partial charge in [0.1, 0.15) is 0 Å². The molecule has 0 atom stereocenters. The molecule has 0 spiro atoms. The van der Waals surface area contributed by atoms with Gasteiger partial charge in [-0.1, -0.05) is 60.5 Å². The monoisotopic (exact) mass is 350 g/mol. The van der Waals surface area contributed by atoms with Crippen molar-refractivity contribution in [2.75, 3.05) is 13.6 Å². The Kier molecular flexibility index (Phi) is 5.47. The van der Waals surface area contributed by atoms with Crippen LogP contribution in [0.25, 0.3) is 0 Å². The zero-order chi connectivity index (χ0) is 18.7. The van der Waals surface area contributed by atoms with Crippen LogP contribution >= 0.6 is 0 Å². The highest BCUT2D eigenvalue weighted by Gasteiger charge is 2.51. The van der Waals surface area contributed by atoms with Crippen molar-refractivity contribution in [3.05, 3.63) is 70.3 Å². The summed E-state index contributed by atoms with van der Waals surface area (Å²) in [4.78, 5) is 15.2. The molecule has 0 heterocycles. The second-order valence-electron chi connectivity index (χ2n) is 7.79. The quantitative estimate of drug-likeness (QED) is 0.815. The summed E-state index contributed by atoms with van der Waals surface area (Å²) in [6, 6.07) is 15.0. The van der Waals surface area contributed by atoms with Gasteiger partial charge < -0.3 is 10.2 Å². The molecule has 0 saturated heterocycles. The van der Waals surface area contributed by atoms with Gasteiger partial charge in [-0.3, -0.25) is 4.79 Å². The standard InChI is InChI=1S/C23H30N2O/c1-5-25(4)16-20-8-6-7-19(14-20)15-24-22(26)23(9-10-23)21-12-17(2)11-18(3)13-21/h6-8,11-14H,5,9-10,15-16H2,1-4H3,(H,24,26). The van der Waals surface area contributed by atoms with Crippen LogP contribution in [-0.2, 0) is 23.3 Å². The number of benzene rings is 2. The lowest BCUT2D eigenvalue weighted by atomic mass is 9.92. The van der Waals surface area contributed by atoms with E-state index in [1.165, 1.54) is 22.3 Å². The molecule has 2 aromatic rings. The highest BCUT2D eigenvalue weighted by atomic mass is 16.2. The van der Waals surface area contributed by atoms with Crippen molar-refractivity contribution in [3.8, 4) is 0 Å². The van der Waals surface area contributed by atoms with Gasteiger partial charge in [-0.2, -0.15) is 0 Å². The predicted molar refractivity (Wildman–Crippen MR) is 107 cm³/mol. The molecule has 1 N–H and O–H groups in total. The number of amides is 1. The van der Waals surface area contributed by atoms with E-state index in [1.54, 1.807) is 0 Å². The first-order valence-electron chi connectivity index (χ1n) is 9.56. The smallest absolute Gasteiger partial charge is 0.230 e. The number of hydrogen-bond donors (Lipinski definition) is 1. The normalized spacial score (nSPS) is 15.1. The van der Waals surface area contributed by atoms with Crippen LogP contribution in [0.2, 0.25) is 0 Å². The highest BCUT2D eigenvalue weighted by Crippen LogP contribution is 2.48. The van der Waals surface area contributed by atoms with Crippen LogP contribution in [0.3, 0.4) is 0 Å².